The lowest BCUT2D eigenvalue weighted by molar-refractivity contribution is -0.398. The highest BCUT2D eigenvalue weighted by Crippen LogP contribution is 2.61. The smallest absolute Gasteiger partial charge is 0.457 e. The number of rotatable bonds is 36. The van der Waals surface area contributed by atoms with Gasteiger partial charge in [0.05, 0.1) is 0 Å². The number of hydrogen-bond acceptors (Lipinski definition) is 18. The molecule has 0 radical (unpaired) electrons. The summed E-state index contributed by atoms with van der Waals surface area (Å²) in [7, 11) is 0. The second-order valence-electron chi connectivity index (χ2n) is 28.2. The van der Waals surface area contributed by atoms with Crippen LogP contribution in [0, 0.1) is 0 Å². The Morgan fingerprint density at radius 3 is 0.424 bits per heavy atom. The van der Waals surface area contributed by atoms with Gasteiger partial charge in [0.15, 0.2) is 39.6 Å². The fraction of sp³-hybridized carbons (Fsp3) is 0.750. The summed E-state index contributed by atoms with van der Waals surface area (Å²) in [5, 5.41) is 0. The number of anilines is 3. The van der Waals surface area contributed by atoms with E-state index in [1.54, 1.807) is 0 Å². The van der Waals surface area contributed by atoms with Crippen molar-refractivity contribution in [2.75, 3.05) is 93.6 Å². The highest BCUT2D eigenvalue weighted by atomic mass is 19.5. The molecule has 0 bridgehead atoms. The molecule has 0 spiro atoms. The fourth-order valence-corrected chi connectivity index (χ4v) is 11.4. The first-order valence-electron chi connectivity index (χ1n) is 34.4. The van der Waals surface area contributed by atoms with Gasteiger partial charge in [0.25, 0.3) is 0 Å². The molecule has 3 saturated heterocycles. The highest BCUT2D eigenvalue weighted by molar-refractivity contribution is 5.42. The molecule has 4 aromatic rings. The van der Waals surface area contributed by atoms with Crippen LogP contribution in [0.4, 0.5) is 255 Å². The number of aromatic nitrogens is 9. The molecule has 72 heteroatoms. The second kappa shape index (κ2) is 35.1. The molecule has 3 fully saturated rings. The van der Waals surface area contributed by atoms with Crippen LogP contribution < -0.4 is 43.1 Å². The topological polar surface area (TPSA) is 181 Å². The Labute approximate surface area is 692 Å². The number of hydrogen-bond donors (Lipinski definition) is 0. The van der Waals surface area contributed by atoms with E-state index < -0.39 is 333 Å². The summed E-state index contributed by atoms with van der Waals surface area (Å²) < 4.78 is 770. The maximum atomic E-state index is 14.7. The number of alkyl halides is 54. The summed E-state index contributed by atoms with van der Waals surface area (Å²) in [4.78, 5) is 29.0. The molecule has 0 aliphatic carbocycles. The lowest BCUT2D eigenvalue weighted by Gasteiger charge is -2.36. The van der Waals surface area contributed by atoms with Crippen molar-refractivity contribution in [1.82, 2.24) is 44.9 Å². The Morgan fingerprint density at radius 1 is 0.189 bits per heavy atom. The molecule has 1 aromatic carbocycles. The number of piperidine rings is 3. The Kier molecular flexibility index (Phi) is 29.2. The van der Waals surface area contributed by atoms with Gasteiger partial charge in [0, 0.05) is 39.3 Å². The molecular formula is C60H42F54N12O6. The van der Waals surface area contributed by atoms with E-state index in [0.717, 1.165) is 18.2 Å². The molecule has 0 unspecified atom stereocenters. The monoisotopic (exact) mass is 2050 g/mol. The summed E-state index contributed by atoms with van der Waals surface area (Å²) in [6.07, 6.45) is -49.0. The zero-order valence-corrected chi connectivity index (χ0v) is 62.4. The first-order chi connectivity index (χ1) is 58.8. The lowest BCUT2D eigenvalue weighted by atomic mass is 9.79. The van der Waals surface area contributed by atoms with E-state index in [4.69, 9.17) is 0 Å². The third-order valence-electron chi connectivity index (χ3n) is 19.0. The molecule has 0 amide bonds. The third kappa shape index (κ3) is 20.5. The Bertz CT molecular complexity index is 3950. The summed E-state index contributed by atoms with van der Waals surface area (Å²) in [5.74, 6) is -141. The normalized spacial score (nSPS) is 17.5. The van der Waals surface area contributed by atoms with Crippen molar-refractivity contribution in [2.45, 2.75) is 200 Å². The van der Waals surface area contributed by atoms with Crippen molar-refractivity contribution in [3.63, 3.8) is 0 Å². The van der Waals surface area contributed by atoms with Gasteiger partial charge >= 0.3 is 180 Å². The van der Waals surface area contributed by atoms with Crippen LogP contribution in [0.25, 0.3) is 0 Å². The minimum Gasteiger partial charge on any atom is -0.457 e. The molecule has 3 aromatic heterocycles. The number of halogens is 54. The van der Waals surface area contributed by atoms with Crippen LogP contribution in [-0.4, -0.2) is 267 Å². The van der Waals surface area contributed by atoms with Crippen LogP contribution in [0.5, 0.6) is 36.1 Å². The molecule has 18 nitrogen and oxygen atoms in total. The minimum absolute atomic E-state index is 0.0908. The van der Waals surface area contributed by atoms with Gasteiger partial charge in [-0.3, -0.25) is 0 Å². The number of ether oxygens (including phenoxy) is 6. The maximum Gasteiger partial charge on any atom is 0.460 e. The van der Waals surface area contributed by atoms with E-state index in [-0.39, 0.29) is 16.7 Å². The van der Waals surface area contributed by atoms with E-state index >= 15 is 0 Å². The van der Waals surface area contributed by atoms with Crippen LogP contribution >= 0.6 is 0 Å². The first-order valence-corrected chi connectivity index (χ1v) is 34.4. The number of nitrogens with zero attached hydrogens (tertiary/aromatic N) is 12. The SMILES string of the molecule is FC(F)(F)C(F)(F)C(F)(F)C(F)(F)COc1nc(OCC(F)(F)C(F)(F)C(F)(F)C(F)(F)F)nc(N2CCC(c3cc(C4CCN(c5nc(OCC(F)(F)C(F)(F)C(F)(F)C(F)(F)F)nc(OCC(F)(F)C(F)(F)C(F)(F)C(F)(F)F)n5)CC4)cc(C4CCN(c5nc(OCC(F)(F)C(F)(F)C(F)(F)C(F)(F)F)nc(OCC(F)(F)C(F)(F)C(F)(F)C(F)(F)F)n5)CC4)c3)CC2)n1. The van der Waals surface area contributed by atoms with Crippen LogP contribution in [0.3, 0.4) is 0 Å². The molecule has 3 aliphatic rings. The van der Waals surface area contributed by atoms with Gasteiger partial charge in [-0.25, -0.2) is 0 Å². The predicted molar refractivity (Wildman–Crippen MR) is 317 cm³/mol. The van der Waals surface area contributed by atoms with Gasteiger partial charge in [-0.05, 0) is 73.0 Å². The van der Waals surface area contributed by atoms with Crippen molar-refractivity contribution < 1.29 is 266 Å². The zero-order chi connectivity index (χ0) is 102. The standard InChI is InChI=1S/C60H42F54N12O6/c61-37(62,43(73,74)49(85,86)55(97,98)99)16-127-31-115-28(116-32(121-31)128-17-38(63,64)44(75,76)50(87,88)56(100,101)102)124-7-1-22(2-8-124)25-13-26(23-3-9-125(10-4-23)29-117-33(129-18-39(65,66)45(77,78)51(89,90)57(103,104)105)122-34(118-29)130-19-40(67,68)46(79,80)52(91,92)58(106,107)108)15-27(14-25)24-5-11-126(12-6-24)30-119-35(131-20-41(69,70)47(81,82)53(93,94)59(109,110)111)123-36(120-30)132-21-42(71,72)48(83,84)54(95,96)60(112,113)114/h13-15,22-24H,1-12,16-21H2. The minimum atomic E-state index is -7.72. The van der Waals surface area contributed by atoms with E-state index in [1.807, 2.05) is 0 Å². The molecule has 132 heavy (non-hydrogen) atoms. The lowest BCUT2D eigenvalue weighted by Crippen LogP contribution is -2.62. The van der Waals surface area contributed by atoms with Gasteiger partial charge in [0.2, 0.25) is 17.8 Å². The largest absolute Gasteiger partial charge is 0.460 e. The molecule has 756 valence electrons. The van der Waals surface area contributed by atoms with Crippen LogP contribution in [0.1, 0.15) is 73.0 Å². The van der Waals surface area contributed by atoms with E-state index in [1.165, 1.54) is 0 Å². The average molecular weight is 2050 g/mol. The average Bonchev–Trinajstić information content (AvgIpc) is 0.756. The Balaban J connectivity index is 1.31. The van der Waals surface area contributed by atoms with E-state index in [9.17, 15) is 237 Å². The van der Waals surface area contributed by atoms with Crippen molar-refractivity contribution in [3.8, 4) is 36.1 Å². The molecule has 6 heterocycles. The predicted octanol–water partition coefficient (Wildman–Crippen LogP) is 20.5. The quantitative estimate of drug-likeness (QED) is 0.0392. The molecule has 0 atom stereocenters. The van der Waals surface area contributed by atoms with Crippen molar-refractivity contribution in [1.29, 1.82) is 0 Å². The number of benzene rings is 1. The molecule has 0 saturated carbocycles. The molecule has 7 rings (SSSR count). The van der Waals surface area contributed by atoms with Crippen molar-refractivity contribution in [3.05, 3.63) is 34.9 Å². The second-order valence-corrected chi connectivity index (χ2v) is 28.2. The molecule has 0 N–H and O–H groups in total. The Hall–Kier alpha value is -9.33. The molecule has 3 aliphatic heterocycles. The van der Waals surface area contributed by atoms with E-state index in [2.05, 4.69) is 73.3 Å². The molecular weight excluding hydrogens is 2010 g/mol. The van der Waals surface area contributed by atoms with Crippen LogP contribution in [0.15, 0.2) is 18.2 Å². The van der Waals surface area contributed by atoms with Crippen LogP contribution in [0.2, 0.25) is 0 Å². The summed E-state index contributed by atoms with van der Waals surface area (Å²) in [5.41, 5.74) is -0.272. The fourth-order valence-electron chi connectivity index (χ4n) is 11.4. The van der Waals surface area contributed by atoms with Crippen LogP contribution in [-0.2, 0) is 0 Å². The van der Waals surface area contributed by atoms with Gasteiger partial charge in [0.1, 0.15) is 0 Å². The zero-order valence-electron chi connectivity index (χ0n) is 62.4. The highest BCUT2D eigenvalue weighted by Gasteiger charge is 2.88. The van der Waals surface area contributed by atoms with E-state index in [0.29, 0.717) is 14.7 Å². The van der Waals surface area contributed by atoms with Gasteiger partial charge in [-0.15, -0.1) is 15.0 Å². The third-order valence-corrected chi connectivity index (χ3v) is 19.0. The first kappa shape index (κ1) is 110. The summed E-state index contributed by atoms with van der Waals surface area (Å²) in [6, 6.07) is -9.88. The van der Waals surface area contributed by atoms with Gasteiger partial charge in [-0.1, -0.05) is 18.2 Å². The van der Waals surface area contributed by atoms with Gasteiger partial charge < -0.3 is 43.1 Å². The summed E-state index contributed by atoms with van der Waals surface area (Å²) in [6.45, 7) is -26.2. The summed E-state index contributed by atoms with van der Waals surface area (Å²) >= 11 is 0. The van der Waals surface area contributed by atoms with Crippen molar-refractivity contribution in [2.24, 2.45) is 0 Å². The van der Waals surface area contributed by atoms with Crippen molar-refractivity contribution >= 4 is 17.8 Å². The Morgan fingerprint density at radius 2 is 0.311 bits per heavy atom. The van der Waals surface area contributed by atoms with Gasteiger partial charge in [-0.2, -0.15) is 267 Å². The maximum absolute atomic E-state index is 14.7.